The standard InChI is InChI=1S/C20H12Cl3FN4O2/c21-12-4-5-14(15(22)7-12)18-8-17(27-30-18)20(29)25-19-16(23)10-28(26-19)9-11-2-1-3-13(24)6-11/h1-8,10H,9H2,(H,25,26,29). The van der Waals surface area contributed by atoms with Crippen molar-refractivity contribution in [3.05, 3.63) is 86.9 Å². The van der Waals surface area contributed by atoms with Crippen molar-refractivity contribution >= 4 is 46.5 Å². The zero-order chi connectivity index (χ0) is 21.3. The molecule has 0 aliphatic rings. The van der Waals surface area contributed by atoms with Gasteiger partial charge in [0.1, 0.15) is 10.8 Å². The van der Waals surface area contributed by atoms with E-state index in [0.717, 1.165) is 0 Å². The topological polar surface area (TPSA) is 73.0 Å². The molecule has 2 aromatic carbocycles. The third-order valence-corrected chi connectivity index (χ3v) is 4.95. The highest BCUT2D eigenvalue weighted by molar-refractivity contribution is 6.36. The van der Waals surface area contributed by atoms with Crippen LogP contribution in [0.25, 0.3) is 11.3 Å². The van der Waals surface area contributed by atoms with Gasteiger partial charge >= 0.3 is 0 Å². The molecular formula is C20H12Cl3FN4O2. The highest BCUT2D eigenvalue weighted by Crippen LogP contribution is 2.31. The minimum absolute atomic E-state index is 0.0202. The third kappa shape index (κ3) is 4.48. The maximum Gasteiger partial charge on any atom is 0.279 e. The minimum Gasteiger partial charge on any atom is -0.355 e. The Hall–Kier alpha value is -2.87. The third-order valence-electron chi connectivity index (χ3n) is 4.12. The van der Waals surface area contributed by atoms with Gasteiger partial charge in [0.25, 0.3) is 5.91 Å². The Kier molecular flexibility index (Phi) is 5.76. The van der Waals surface area contributed by atoms with Crippen LogP contribution in [0.4, 0.5) is 10.2 Å². The molecule has 0 aliphatic carbocycles. The second-order valence-corrected chi connectivity index (χ2v) is 7.56. The van der Waals surface area contributed by atoms with Crippen molar-refractivity contribution in [1.82, 2.24) is 14.9 Å². The first-order chi connectivity index (χ1) is 14.4. The Balaban J connectivity index is 1.49. The second kappa shape index (κ2) is 8.47. The van der Waals surface area contributed by atoms with E-state index in [-0.39, 0.29) is 28.9 Å². The Labute approximate surface area is 185 Å². The lowest BCUT2D eigenvalue weighted by atomic mass is 10.1. The maximum atomic E-state index is 13.3. The summed E-state index contributed by atoms with van der Waals surface area (Å²) < 4.78 is 20.1. The van der Waals surface area contributed by atoms with Gasteiger partial charge in [0.05, 0.1) is 11.6 Å². The summed E-state index contributed by atoms with van der Waals surface area (Å²) >= 11 is 18.2. The average Bonchev–Trinajstić information content (AvgIpc) is 3.29. The molecule has 1 N–H and O–H groups in total. The molecule has 0 fully saturated rings. The zero-order valence-electron chi connectivity index (χ0n) is 15.1. The monoisotopic (exact) mass is 464 g/mol. The summed E-state index contributed by atoms with van der Waals surface area (Å²) in [5.41, 5.74) is 1.27. The largest absolute Gasteiger partial charge is 0.355 e. The first-order valence-corrected chi connectivity index (χ1v) is 9.73. The summed E-state index contributed by atoms with van der Waals surface area (Å²) in [6, 6.07) is 12.4. The Morgan fingerprint density at radius 3 is 2.70 bits per heavy atom. The molecule has 0 spiro atoms. The predicted octanol–water partition coefficient (Wildman–Crippen LogP) is 5.94. The van der Waals surface area contributed by atoms with Gasteiger partial charge in [-0.05, 0) is 35.9 Å². The fraction of sp³-hybridized carbons (Fsp3) is 0.0500. The van der Waals surface area contributed by atoms with E-state index in [1.807, 2.05) is 0 Å². The summed E-state index contributed by atoms with van der Waals surface area (Å²) in [5, 5.41) is 11.6. The zero-order valence-corrected chi connectivity index (χ0v) is 17.3. The fourth-order valence-corrected chi connectivity index (χ4v) is 3.45. The van der Waals surface area contributed by atoms with Crippen molar-refractivity contribution < 1.29 is 13.7 Å². The SMILES string of the molecule is O=C(Nc1nn(Cc2cccc(F)c2)cc1Cl)c1cc(-c2ccc(Cl)cc2Cl)on1. The van der Waals surface area contributed by atoms with Gasteiger partial charge in [0.15, 0.2) is 17.3 Å². The van der Waals surface area contributed by atoms with Crippen LogP contribution in [-0.4, -0.2) is 20.8 Å². The highest BCUT2D eigenvalue weighted by Gasteiger charge is 2.18. The quantitative estimate of drug-likeness (QED) is 0.396. The molecule has 0 aliphatic heterocycles. The van der Waals surface area contributed by atoms with Gasteiger partial charge in [-0.25, -0.2) is 4.39 Å². The van der Waals surface area contributed by atoms with Gasteiger partial charge in [-0.2, -0.15) is 5.10 Å². The molecule has 10 heteroatoms. The molecule has 0 unspecified atom stereocenters. The molecule has 0 saturated carbocycles. The first kappa shape index (κ1) is 20.4. The molecule has 4 aromatic rings. The normalized spacial score (nSPS) is 10.9. The van der Waals surface area contributed by atoms with Gasteiger partial charge in [0.2, 0.25) is 0 Å². The number of anilines is 1. The summed E-state index contributed by atoms with van der Waals surface area (Å²) in [5.74, 6) is -0.452. The van der Waals surface area contributed by atoms with Crippen LogP contribution in [0.15, 0.2) is 59.3 Å². The number of rotatable bonds is 5. The maximum absolute atomic E-state index is 13.3. The molecule has 6 nitrogen and oxygen atoms in total. The number of benzene rings is 2. The van der Waals surface area contributed by atoms with Crippen molar-refractivity contribution in [3.63, 3.8) is 0 Å². The number of amides is 1. The number of carbonyl (C=O) groups excluding carboxylic acids is 1. The van der Waals surface area contributed by atoms with E-state index < -0.39 is 5.91 Å². The predicted molar refractivity (Wildman–Crippen MR) is 113 cm³/mol. The van der Waals surface area contributed by atoms with E-state index in [9.17, 15) is 9.18 Å². The molecule has 0 saturated heterocycles. The lowest BCUT2D eigenvalue weighted by Gasteiger charge is -2.02. The van der Waals surface area contributed by atoms with Gasteiger partial charge in [-0.3, -0.25) is 9.48 Å². The van der Waals surface area contributed by atoms with Crippen molar-refractivity contribution in [2.45, 2.75) is 6.54 Å². The van der Waals surface area contributed by atoms with Crippen molar-refractivity contribution in [3.8, 4) is 11.3 Å². The molecule has 0 atom stereocenters. The lowest BCUT2D eigenvalue weighted by molar-refractivity contribution is 0.101. The van der Waals surface area contributed by atoms with Gasteiger partial charge in [-0.15, -0.1) is 0 Å². The minimum atomic E-state index is -0.562. The number of aromatic nitrogens is 3. The molecule has 0 radical (unpaired) electrons. The molecule has 30 heavy (non-hydrogen) atoms. The van der Waals surface area contributed by atoms with Gasteiger partial charge in [-0.1, -0.05) is 52.1 Å². The smallest absolute Gasteiger partial charge is 0.279 e. The van der Waals surface area contributed by atoms with E-state index >= 15 is 0 Å². The number of nitrogens with one attached hydrogen (secondary N) is 1. The molecule has 0 bridgehead atoms. The summed E-state index contributed by atoms with van der Waals surface area (Å²) in [6.07, 6.45) is 1.53. The number of nitrogens with zero attached hydrogens (tertiary/aromatic N) is 3. The van der Waals surface area contributed by atoms with Crippen LogP contribution in [0, 0.1) is 5.82 Å². The summed E-state index contributed by atoms with van der Waals surface area (Å²) in [4.78, 5) is 12.5. The van der Waals surface area contributed by atoms with Crippen LogP contribution in [0.2, 0.25) is 15.1 Å². The van der Waals surface area contributed by atoms with Crippen LogP contribution in [0.3, 0.4) is 0 Å². The van der Waals surface area contributed by atoms with Crippen LogP contribution >= 0.6 is 34.8 Å². The van der Waals surface area contributed by atoms with E-state index in [2.05, 4.69) is 15.6 Å². The summed E-state index contributed by atoms with van der Waals surface area (Å²) in [6.45, 7) is 0.288. The van der Waals surface area contributed by atoms with Gasteiger partial charge in [0, 0.05) is 22.8 Å². The van der Waals surface area contributed by atoms with Crippen LogP contribution < -0.4 is 5.32 Å². The van der Waals surface area contributed by atoms with E-state index in [1.54, 1.807) is 30.3 Å². The van der Waals surface area contributed by atoms with E-state index in [1.165, 1.54) is 29.1 Å². The van der Waals surface area contributed by atoms with Gasteiger partial charge < -0.3 is 9.84 Å². The van der Waals surface area contributed by atoms with Crippen molar-refractivity contribution in [2.75, 3.05) is 5.32 Å². The average molecular weight is 466 g/mol. The molecule has 152 valence electrons. The molecule has 1 amide bonds. The number of hydrogen-bond donors (Lipinski definition) is 1. The second-order valence-electron chi connectivity index (χ2n) is 6.31. The van der Waals surface area contributed by atoms with Crippen LogP contribution in [-0.2, 0) is 6.54 Å². The van der Waals surface area contributed by atoms with Crippen molar-refractivity contribution in [1.29, 1.82) is 0 Å². The highest BCUT2D eigenvalue weighted by atomic mass is 35.5. The lowest BCUT2D eigenvalue weighted by Crippen LogP contribution is -2.13. The molecule has 2 heterocycles. The Bertz CT molecular complexity index is 1240. The first-order valence-electron chi connectivity index (χ1n) is 8.60. The molecule has 2 aromatic heterocycles. The Morgan fingerprint density at radius 2 is 1.93 bits per heavy atom. The summed E-state index contributed by atoms with van der Waals surface area (Å²) in [7, 11) is 0. The van der Waals surface area contributed by atoms with Crippen molar-refractivity contribution in [2.24, 2.45) is 0 Å². The Morgan fingerprint density at radius 1 is 1.10 bits per heavy atom. The molecule has 4 rings (SSSR count). The molecular weight excluding hydrogens is 454 g/mol. The number of halogens is 4. The van der Waals surface area contributed by atoms with Crippen LogP contribution in [0.5, 0.6) is 0 Å². The van der Waals surface area contributed by atoms with Crippen LogP contribution in [0.1, 0.15) is 16.1 Å². The number of carbonyl (C=O) groups is 1. The van der Waals surface area contributed by atoms with E-state index in [0.29, 0.717) is 26.9 Å². The fourth-order valence-electron chi connectivity index (χ4n) is 2.76. The number of hydrogen-bond acceptors (Lipinski definition) is 4. The van der Waals surface area contributed by atoms with E-state index in [4.69, 9.17) is 39.3 Å².